The van der Waals surface area contributed by atoms with Gasteiger partial charge in [-0.15, -0.1) is 0 Å². The Morgan fingerprint density at radius 2 is 1.65 bits per heavy atom. The normalized spacial score (nSPS) is 26.9. The molecule has 37 heavy (non-hydrogen) atoms. The third-order valence-corrected chi connectivity index (χ3v) is 9.88. The number of carbonyl (C=O) groups is 3. The van der Waals surface area contributed by atoms with E-state index in [9.17, 15) is 36.0 Å². The van der Waals surface area contributed by atoms with Crippen molar-refractivity contribution >= 4 is 27.7 Å². The summed E-state index contributed by atoms with van der Waals surface area (Å²) in [5.41, 5.74) is 4.98. The fraction of sp³-hybridized carbons (Fsp3) is 0.625. The number of halogens is 3. The Bertz CT molecular complexity index is 1140. The molecule has 0 radical (unpaired) electrons. The molecule has 1 aromatic carbocycles. The molecule has 1 unspecified atom stereocenters. The third-order valence-electron chi connectivity index (χ3n) is 7.60. The molecule has 0 bridgehead atoms. The number of carbonyl (C=O) groups excluding carboxylic acids is 3. The van der Waals surface area contributed by atoms with Gasteiger partial charge in [-0.25, -0.2) is 12.7 Å². The van der Waals surface area contributed by atoms with Gasteiger partial charge in [0.2, 0.25) is 27.7 Å². The van der Waals surface area contributed by atoms with E-state index in [2.05, 4.69) is 5.32 Å². The maximum absolute atomic E-state index is 13.3. The van der Waals surface area contributed by atoms with Crippen LogP contribution in [0.2, 0.25) is 0 Å². The summed E-state index contributed by atoms with van der Waals surface area (Å²) in [6, 6.07) is 3.79. The number of alkyl halides is 3. The molecule has 13 heteroatoms. The highest BCUT2D eigenvalue weighted by molar-refractivity contribution is 7.89. The molecule has 1 aliphatic carbocycles. The molecule has 3 N–H and O–H groups in total. The lowest BCUT2D eigenvalue weighted by atomic mass is 9.84. The Kier molecular flexibility index (Phi) is 7.84. The number of nitrogens with one attached hydrogen (secondary N) is 1. The number of hydrogen-bond acceptors (Lipinski definition) is 5. The Labute approximate surface area is 213 Å². The van der Waals surface area contributed by atoms with Gasteiger partial charge in [0.1, 0.15) is 6.04 Å². The van der Waals surface area contributed by atoms with Gasteiger partial charge in [-0.05, 0) is 56.2 Å². The van der Waals surface area contributed by atoms with Crippen molar-refractivity contribution in [1.29, 1.82) is 0 Å². The van der Waals surface area contributed by atoms with E-state index in [-0.39, 0.29) is 31.8 Å². The molecule has 9 nitrogen and oxygen atoms in total. The molecule has 4 rings (SSSR count). The second kappa shape index (κ2) is 10.6. The molecule has 3 aliphatic rings. The summed E-state index contributed by atoms with van der Waals surface area (Å²) in [5.74, 6) is -2.17. The Hall–Kier alpha value is -2.67. The van der Waals surface area contributed by atoms with E-state index in [1.54, 1.807) is 0 Å². The van der Waals surface area contributed by atoms with Gasteiger partial charge < -0.3 is 16.0 Å². The lowest BCUT2D eigenvalue weighted by Gasteiger charge is -2.40. The van der Waals surface area contributed by atoms with Crippen LogP contribution in [0, 0.1) is 11.8 Å². The van der Waals surface area contributed by atoms with E-state index < -0.39 is 56.7 Å². The zero-order valence-electron chi connectivity index (χ0n) is 20.2. The first kappa shape index (κ1) is 27.4. The SMILES string of the molecule is NC(=O)C1CC(S(=O)(=O)N2CCC[C@H](C(=O)N3CCCC3C(=O)NCc3ccc(C(F)(F)F)cc3)C2)C1. The maximum Gasteiger partial charge on any atom is 0.416 e. The minimum atomic E-state index is -4.44. The zero-order valence-corrected chi connectivity index (χ0v) is 21.1. The van der Waals surface area contributed by atoms with Crippen LogP contribution >= 0.6 is 0 Å². The number of hydrogen-bond donors (Lipinski definition) is 2. The molecule has 1 saturated carbocycles. The first-order valence-electron chi connectivity index (χ1n) is 12.4. The maximum atomic E-state index is 13.3. The largest absolute Gasteiger partial charge is 0.416 e. The molecule has 1 aromatic rings. The van der Waals surface area contributed by atoms with Crippen LogP contribution in [0.1, 0.15) is 49.7 Å². The number of piperidine rings is 1. The first-order chi connectivity index (χ1) is 17.4. The van der Waals surface area contributed by atoms with Crippen LogP contribution in [-0.4, -0.2) is 66.3 Å². The summed E-state index contributed by atoms with van der Waals surface area (Å²) in [4.78, 5) is 39.0. The monoisotopic (exact) mass is 544 g/mol. The summed E-state index contributed by atoms with van der Waals surface area (Å²) in [5, 5.41) is 2.03. The van der Waals surface area contributed by atoms with Gasteiger partial charge in [0.05, 0.1) is 16.7 Å². The summed E-state index contributed by atoms with van der Waals surface area (Å²) in [6.07, 6.45) is -1.95. The topological polar surface area (TPSA) is 130 Å². The van der Waals surface area contributed by atoms with Crippen molar-refractivity contribution < 1.29 is 36.0 Å². The standard InChI is InChI=1S/C24H31F3N4O5S/c25-24(26,27)18-7-5-15(6-8-18)13-29-22(33)20-4-2-10-31(20)23(34)16-3-1-9-30(14-16)37(35,36)19-11-17(12-19)21(28)32/h5-8,16-17,19-20H,1-4,9-14H2,(H2,28,32)(H,29,33)/t16-,17?,19?,20?/m0/s1. The quantitative estimate of drug-likeness (QED) is 0.539. The highest BCUT2D eigenvalue weighted by atomic mass is 32.2. The van der Waals surface area contributed by atoms with E-state index in [1.807, 2.05) is 0 Å². The second-order valence-electron chi connectivity index (χ2n) is 10.0. The smallest absolute Gasteiger partial charge is 0.369 e. The summed E-state index contributed by atoms with van der Waals surface area (Å²) >= 11 is 0. The van der Waals surface area contributed by atoms with Crippen LogP contribution < -0.4 is 11.1 Å². The van der Waals surface area contributed by atoms with Crippen LogP contribution in [0.3, 0.4) is 0 Å². The Morgan fingerprint density at radius 1 is 1.00 bits per heavy atom. The number of primary amides is 1. The van der Waals surface area contributed by atoms with Gasteiger partial charge in [-0.1, -0.05) is 12.1 Å². The van der Waals surface area contributed by atoms with E-state index in [0.29, 0.717) is 44.3 Å². The fourth-order valence-corrected chi connectivity index (χ4v) is 7.43. The van der Waals surface area contributed by atoms with Crippen molar-refractivity contribution in [1.82, 2.24) is 14.5 Å². The highest BCUT2D eigenvalue weighted by Crippen LogP contribution is 2.36. The lowest BCUT2D eigenvalue weighted by Crippen LogP contribution is -2.54. The van der Waals surface area contributed by atoms with E-state index in [1.165, 1.54) is 21.3 Å². The van der Waals surface area contributed by atoms with E-state index in [4.69, 9.17) is 5.73 Å². The molecule has 3 fully saturated rings. The molecule has 2 aliphatic heterocycles. The number of nitrogens with two attached hydrogens (primary N) is 1. The Morgan fingerprint density at radius 3 is 2.27 bits per heavy atom. The summed E-state index contributed by atoms with van der Waals surface area (Å²) in [6.45, 7) is 0.748. The fourth-order valence-electron chi connectivity index (χ4n) is 5.28. The minimum Gasteiger partial charge on any atom is -0.369 e. The minimum absolute atomic E-state index is 0.0264. The van der Waals surface area contributed by atoms with Crippen molar-refractivity contribution in [2.24, 2.45) is 17.6 Å². The average molecular weight is 545 g/mol. The molecule has 2 saturated heterocycles. The third kappa shape index (κ3) is 5.92. The van der Waals surface area contributed by atoms with Crippen LogP contribution in [0.4, 0.5) is 13.2 Å². The molecule has 2 atom stereocenters. The van der Waals surface area contributed by atoms with Gasteiger partial charge in [0.25, 0.3) is 0 Å². The summed E-state index contributed by atoms with van der Waals surface area (Å²) < 4.78 is 65.6. The van der Waals surface area contributed by atoms with Crippen LogP contribution in [0.15, 0.2) is 24.3 Å². The van der Waals surface area contributed by atoms with Crippen molar-refractivity contribution in [3.63, 3.8) is 0 Å². The summed E-state index contributed by atoms with van der Waals surface area (Å²) in [7, 11) is -3.66. The average Bonchev–Trinajstić information content (AvgIpc) is 3.30. The van der Waals surface area contributed by atoms with Crippen molar-refractivity contribution in [2.45, 2.75) is 62.5 Å². The number of sulfonamides is 1. The van der Waals surface area contributed by atoms with Gasteiger partial charge in [-0.3, -0.25) is 14.4 Å². The van der Waals surface area contributed by atoms with E-state index >= 15 is 0 Å². The molecule has 3 amide bonds. The van der Waals surface area contributed by atoms with Crippen molar-refractivity contribution in [3.8, 4) is 0 Å². The van der Waals surface area contributed by atoms with Crippen molar-refractivity contribution in [2.75, 3.05) is 19.6 Å². The van der Waals surface area contributed by atoms with Crippen LogP contribution in [0.25, 0.3) is 0 Å². The number of benzene rings is 1. The predicted octanol–water partition coefficient (Wildman–Crippen LogP) is 1.62. The molecule has 0 spiro atoms. The number of nitrogens with zero attached hydrogens (tertiary/aromatic N) is 2. The van der Waals surface area contributed by atoms with Gasteiger partial charge >= 0.3 is 6.18 Å². The molecule has 204 valence electrons. The molecular formula is C24H31F3N4O5S. The number of likely N-dealkylation sites (tertiary alicyclic amines) is 1. The number of rotatable bonds is 7. The first-order valence-corrected chi connectivity index (χ1v) is 13.9. The molecule has 2 heterocycles. The van der Waals surface area contributed by atoms with Crippen molar-refractivity contribution in [3.05, 3.63) is 35.4 Å². The second-order valence-corrected chi connectivity index (χ2v) is 12.2. The highest BCUT2D eigenvalue weighted by Gasteiger charge is 2.46. The van der Waals surface area contributed by atoms with Crippen LogP contribution in [0.5, 0.6) is 0 Å². The van der Waals surface area contributed by atoms with Gasteiger partial charge in [0, 0.05) is 32.1 Å². The lowest BCUT2D eigenvalue weighted by molar-refractivity contribution is -0.142. The zero-order chi connectivity index (χ0) is 27.0. The molecular weight excluding hydrogens is 513 g/mol. The predicted molar refractivity (Wildman–Crippen MR) is 127 cm³/mol. The van der Waals surface area contributed by atoms with E-state index in [0.717, 1.165) is 12.1 Å². The van der Waals surface area contributed by atoms with Gasteiger partial charge in [-0.2, -0.15) is 13.2 Å². The molecule has 0 aromatic heterocycles. The van der Waals surface area contributed by atoms with Gasteiger partial charge in [0.15, 0.2) is 0 Å². The van der Waals surface area contributed by atoms with Crippen LogP contribution in [-0.2, 0) is 37.1 Å². The Balaban J connectivity index is 1.33. The number of amides is 3.